The lowest BCUT2D eigenvalue weighted by atomic mass is 9.84. The molecule has 0 unspecified atom stereocenters. The van der Waals surface area contributed by atoms with E-state index in [1.807, 2.05) is 12.1 Å². The summed E-state index contributed by atoms with van der Waals surface area (Å²) in [5, 5.41) is 16.0. The predicted molar refractivity (Wildman–Crippen MR) is 121 cm³/mol. The summed E-state index contributed by atoms with van der Waals surface area (Å²) < 4.78 is 12.2. The van der Waals surface area contributed by atoms with Crippen LogP contribution in [0, 0.1) is 0 Å². The first-order valence-electron chi connectivity index (χ1n) is 11.7. The molecule has 0 bridgehead atoms. The average molecular weight is 452 g/mol. The molecule has 8 heteroatoms. The summed E-state index contributed by atoms with van der Waals surface area (Å²) in [6.07, 6.45) is 7.31. The fourth-order valence-corrected chi connectivity index (χ4v) is 5.23. The zero-order valence-corrected chi connectivity index (χ0v) is 18.4. The SMILES string of the molecule is O=C(C[C@H]1C[C@H]2c3cc(NC(=O)c4cccnc4)ccc3O[C@H]2[C@H](CO)O1)NC1CCCC1. The number of ether oxygens (including phenoxy) is 2. The molecule has 1 aromatic carbocycles. The normalized spacial score (nSPS) is 26.2. The predicted octanol–water partition coefficient (Wildman–Crippen LogP) is 2.78. The maximum absolute atomic E-state index is 12.6. The first-order chi connectivity index (χ1) is 16.1. The molecule has 174 valence electrons. The van der Waals surface area contributed by atoms with Gasteiger partial charge < -0.3 is 25.2 Å². The van der Waals surface area contributed by atoms with Gasteiger partial charge in [0.25, 0.3) is 5.91 Å². The molecule has 2 amide bonds. The van der Waals surface area contributed by atoms with Gasteiger partial charge in [-0.25, -0.2) is 0 Å². The summed E-state index contributed by atoms with van der Waals surface area (Å²) in [6, 6.07) is 9.25. The molecule has 33 heavy (non-hydrogen) atoms. The second-order valence-electron chi connectivity index (χ2n) is 9.11. The van der Waals surface area contributed by atoms with Gasteiger partial charge >= 0.3 is 0 Å². The first kappa shape index (κ1) is 21.9. The van der Waals surface area contributed by atoms with Crippen LogP contribution in [0.2, 0.25) is 0 Å². The van der Waals surface area contributed by atoms with E-state index < -0.39 is 6.10 Å². The van der Waals surface area contributed by atoms with Crippen LogP contribution in [-0.4, -0.2) is 52.9 Å². The van der Waals surface area contributed by atoms with Crippen LogP contribution in [0.4, 0.5) is 5.69 Å². The second kappa shape index (κ2) is 9.49. The van der Waals surface area contributed by atoms with E-state index in [1.165, 1.54) is 6.20 Å². The molecule has 4 atom stereocenters. The molecule has 2 fully saturated rings. The number of fused-ring (bicyclic) bond motifs is 3. The lowest BCUT2D eigenvalue weighted by molar-refractivity contribution is -0.142. The van der Waals surface area contributed by atoms with Gasteiger partial charge in [-0.2, -0.15) is 0 Å². The Hall–Kier alpha value is -2.97. The van der Waals surface area contributed by atoms with Gasteiger partial charge in [-0.15, -0.1) is 0 Å². The van der Waals surface area contributed by atoms with Crippen LogP contribution in [-0.2, 0) is 9.53 Å². The third-order valence-electron chi connectivity index (χ3n) is 6.81. The van der Waals surface area contributed by atoms with Crippen LogP contribution < -0.4 is 15.4 Å². The zero-order chi connectivity index (χ0) is 22.8. The molecular formula is C25H29N3O5. The van der Waals surface area contributed by atoms with E-state index in [4.69, 9.17) is 9.47 Å². The van der Waals surface area contributed by atoms with E-state index in [2.05, 4.69) is 15.6 Å². The highest BCUT2D eigenvalue weighted by Gasteiger charge is 2.46. The summed E-state index contributed by atoms with van der Waals surface area (Å²) in [7, 11) is 0. The minimum absolute atomic E-state index is 0.00124. The molecular weight excluding hydrogens is 422 g/mol. The van der Waals surface area contributed by atoms with Crippen molar-refractivity contribution in [1.29, 1.82) is 0 Å². The molecule has 0 radical (unpaired) electrons. The Bertz CT molecular complexity index is 1010. The summed E-state index contributed by atoms with van der Waals surface area (Å²) >= 11 is 0. The van der Waals surface area contributed by atoms with E-state index in [1.54, 1.807) is 24.4 Å². The second-order valence-corrected chi connectivity index (χ2v) is 9.11. The van der Waals surface area contributed by atoms with Crippen molar-refractivity contribution in [2.75, 3.05) is 11.9 Å². The summed E-state index contributed by atoms with van der Waals surface area (Å²) in [5.41, 5.74) is 2.10. The van der Waals surface area contributed by atoms with Gasteiger partial charge in [0.15, 0.2) is 0 Å². The van der Waals surface area contributed by atoms with Crippen LogP contribution in [0.15, 0.2) is 42.7 Å². The third kappa shape index (κ3) is 4.72. The number of nitrogens with one attached hydrogen (secondary N) is 2. The average Bonchev–Trinajstić information content (AvgIpc) is 3.46. The Kier molecular flexibility index (Phi) is 6.28. The topological polar surface area (TPSA) is 110 Å². The largest absolute Gasteiger partial charge is 0.487 e. The number of pyridine rings is 1. The lowest BCUT2D eigenvalue weighted by Crippen LogP contribution is -2.47. The molecule has 3 N–H and O–H groups in total. The number of aliphatic hydroxyl groups is 1. The maximum Gasteiger partial charge on any atom is 0.257 e. The van der Waals surface area contributed by atoms with E-state index >= 15 is 0 Å². The number of anilines is 1. The Labute approximate surface area is 192 Å². The minimum atomic E-state index is -0.506. The lowest BCUT2D eigenvalue weighted by Gasteiger charge is -2.37. The van der Waals surface area contributed by atoms with Crippen molar-refractivity contribution >= 4 is 17.5 Å². The summed E-state index contributed by atoms with van der Waals surface area (Å²) in [6.45, 7) is -0.180. The van der Waals surface area contributed by atoms with Crippen LogP contribution in [0.3, 0.4) is 0 Å². The maximum atomic E-state index is 12.6. The third-order valence-corrected chi connectivity index (χ3v) is 6.81. The Balaban J connectivity index is 1.29. The fourth-order valence-electron chi connectivity index (χ4n) is 5.23. The number of amides is 2. The molecule has 1 saturated heterocycles. The van der Waals surface area contributed by atoms with Crippen LogP contribution >= 0.6 is 0 Å². The monoisotopic (exact) mass is 451 g/mol. The van der Waals surface area contributed by atoms with Crippen molar-refractivity contribution in [2.24, 2.45) is 0 Å². The van der Waals surface area contributed by atoms with Gasteiger partial charge in [0.2, 0.25) is 5.91 Å². The van der Waals surface area contributed by atoms with E-state index in [0.29, 0.717) is 17.7 Å². The van der Waals surface area contributed by atoms with Crippen LogP contribution in [0.25, 0.3) is 0 Å². The molecule has 2 aliphatic heterocycles. The quantitative estimate of drug-likeness (QED) is 0.623. The summed E-state index contributed by atoms with van der Waals surface area (Å²) in [4.78, 5) is 29.1. The van der Waals surface area contributed by atoms with E-state index in [0.717, 1.165) is 37.0 Å². The van der Waals surface area contributed by atoms with Gasteiger partial charge in [0.05, 0.1) is 24.7 Å². The molecule has 5 rings (SSSR count). The smallest absolute Gasteiger partial charge is 0.257 e. The van der Waals surface area contributed by atoms with Crippen molar-refractivity contribution < 1.29 is 24.2 Å². The summed E-state index contributed by atoms with van der Waals surface area (Å²) in [5.74, 6) is 0.465. The molecule has 1 aromatic heterocycles. The van der Waals surface area contributed by atoms with Crippen molar-refractivity contribution in [2.45, 2.75) is 68.8 Å². The number of carbonyl (C=O) groups excluding carboxylic acids is 2. The standard InChI is InChI=1S/C25H29N3O5/c29-14-22-24-20(11-18(32-22)12-23(30)27-16-5-1-2-6-16)19-10-17(7-8-21(19)33-24)28-25(31)15-4-3-9-26-13-15/h3-4,7-10,13,16,18,20,22,24,29H,1-2,5-6,11-12,14H2,(H,27,30)(H,28,31)/t18-,20+,22+,24-/m1/s1. The Morgan fingerprint density at radius 2 is 2.03 bits per heavy atom. The van der Waals surface area contributed by atoms with Gasteiger partial charge in [0, 0.05) is 35.6 Å². The van der Waals surface area contributed by atoms with Gasteiger partial charge in [0.1, 0.15) is 18.0 Å². The Morgan fingerprint density at radius 1 is 1.18 bits per heavy atom. The molecule has 0 spiro atoms. The number of hydrogen-bond donors (Lipinski definition) is 3. The van der Waals surface area contributed by atoms with Crippen molar-refractivity contribution in [3.63, 3.8) is 0 Å². The highest BCUT2D eigenvalue weighted by Crippen LogP contribution is 2.47. The number of aliphatic hydroxyl groups excluding tert-OH is 1. The Morgan fingerprint density at radius 3 is 2.79 bits per heavy atom. The zero-order valence-electron chi connectivity index (χ0n) is 18.4. The number of hydrogen-bond acceptors (Lipinski definition) is 6. The van der Waals surface area contributed by atoms with E-state index in [9.17, 15) is 14.7 Å². The number of aromatic nitrogens is 1. The molecule has 3 heterocycles. The highest BCUT2D eigenvalue weighted by atomic mass is 16.6. The number of carbonyl (C=O) groups is 2. The van der Waals surface area contributed by atoms with Gasteiger partial charge in [-0.05, 0) is 49.6 Å². The molecule has 1 saturated carbocycles. The molecule has 3 aliphatic rings. The minimum Gasteiger partial charge on any atom is -0.487 e. The van der Waals surface area contributed by atoms with Gasteiger partial charge in [-0.1, -0.05) is 12.8 Å². The van der Waals surface area contributed by atoms with Crippen molar-refractivity contribution in [3.05, 3.63) is 53.9 Å². The number of benzene rings is 1. The van der Waals surface area contributed by atoms with Crippen LogP contribution in [0.5, 0.6) is 5.75 Å². The van der Waals surface area contributed by atoms with Crippen LogP contribution in [0.1, 0.15) is 60.4 Å². The van der Waals surface area contributed by atoms with Crippen molar-refractivity contribution in [3.8, 4) is 5.75 Å². The highest BCUT2D eigenvalue weighted by molar-refractivity contribution is 6.04. The number of nitrogens with zero attached hydrogens (tertiary/aromatic N) is 1. The first-order valence-corrected chi connectivity index (χ1v) is 11.7. The van der Waals surface area contributed by atoms with Crippen molar-refractivity contribution in [1.82, 2.24) is 10.3 Å². The fraction of sp³-hybridized carbons (Fsp3) is 0.480. The molecule has 8 nitrogen and oxygen atoms in total. The van der Waals surface area contributed by atoms with E-state index in [-0.39, 0.29) is 49.0 Å². The van der Waals surface area contributed by atoms with Gasteiger partial charge in [-0.3, -0.25) is 14.6 Å². The number of rotatable bonds is 6. The molecule has 1 aliphatic carbocycles. The molecule has 2 aromatic rings.